The molecule has 0 aliphatic carbocycles. The molecule has 0 spiro atoms. The van der Waals surface area contributed by atoms with E-state index < -0.39 is 11.7 Å². The Labute approximate surface area is 230 Å². The fourth-order valence-electron chi connectivity index (χ4n) is 4.03. The molecule has 3 aromatic carbocycles. The lowest BCUT2D eigenvalue weighted by molar-refractivity contribution is -0.137. The molecule has 0 aliphatic heterocycles. The molecule has 5 aromatic rings. The van der Waals surface area contributed by atoms with Gasteiger partial charge in [0.25, 0.3) is 0 Å². The molecule has 39 heavy (non-hydrogen) atoms. The minimum absolute atomic E-state index is 0.163. The van der Waals surface area contributed by atoms with Crippen LogP contribution in [-0.4, -0.2) is 15.2 Å². The highest BCUT2D eigenvalue weighted by Gasteiger charge is 2.30. The summed E-state index contributed by atoms with van der Waals surface area (Å²) in [6.45, 7) is 3.69. The number of nitrogens with zero attached hydrogens (tertiary/aromatic N) is 2. The summed E-state index contributed by atoms with van der Waals surface area (Å²) >= 11 is 2.99. The maximum Gasteiger partial charge on any atom is 0.416 e. The molecule has 0 bridgehead atoms. The van der Waals surface area contributed by atoms with E-state index in [9.17, 15) is 22.7 Å². The van der Waals surface area contributed by atoms with Gasteiger partial charge in [-0.2, -0.15) is 13.2 Å². The first-order chi connectivity index (χ1) is 18.6. The van der Waals surface area contributed by atoms with Crippen LogP contribution >= 0.6 is 23.1 Å². The van der Waals surface area contributed by atoms with Gasteiger partial charge in [-0.15, -0.1) is 23.1 Å². The standard InChI is InChI=1S/C29H22F4N2O2S2/c1-16-13-23(11-12-25(16)36)38-26(15-22-14-24(35-37-22)18-5-9-21(30)10-6-18)27-17(2)34-28(39-27)19-3-7-20(8-4-19)29(31,32)33/h3-14,26,36H,15H2,1-2H3. The van der Waals surface area contributed by atoms with Crippen molar-refractivity contribution >= 4 is 23.1 Å². The van der Waals surface area contributed by atoms with E-state index in [-0.39, 0.29) is 16.8 Å². The molecular formula is C29H22F4N2O2S2. The summed E-state index contributed by atoms with van der Waals surface area (Å²) in [5.41, 5.74) is 2.71. The number of thioether (sulfide) groups is 1. The molecule has 0 amide bonds. The van der Waals surface area contributed by atoms with E-state index in [0.717, 1.165) is 38.7 Å². The largest absolute Gasteiger partial charge is 0.508 e. The number of phenolic OH excluding ortho intramolecular Hbond substituents is 1. The third kappa shape index (κ3) is 6.17. The van der Waals surface area contributed by atoms with E-state index in [0.29, 0.717) is 28.4 Å². The van der Waals surface area contributed by atoms with Gasteiger partial charge in [-0.1, -0.05) is 17.3 Å². The summed E-state index contributed by atoms with van der Waals surface area (Å²) in [6.07, 6.45) is -3.95. The summed E-state index contributed by atoms with van der Waals surface area (Å²) in [4.78, 5) is 6.54. The average Bonchev–Trinajstić information content (AvgIpc) is 3.52. The highest BCUT2D eigenvalue weighted by molar-refractivity contribution is 7.99. The lowest BCUT2D eigenvalue weighted by Gasteiger charge is -2.15. The molecule has 10 heteroatoms. The summed E-state index contributed by atoms with van der Waals surface area (Å²) in [6, 6.07) is 18.1. The predicted molar refractivity (Wildman–Crippen MR) is 144 cm³/mol. The van der Waals surface area contributed by atoms with Crippen LogP contribution in [0.2, 0.25) is 0 Å². The number of hydrogen-bond acceptors (Lipinski definition) is 6. The zero-order chi connectivity index (χ0) is 27.7. The topological polar surface area (TPSA) is 59.2 Å². The summed E-state index contributed by atoms with van der Waals surface area (Å²) in [5.74, 6) is 0.479. The Morgan fingerprint density at radius 2 is 1.64 bits per heavy atom. The van der Waals surface area contributed by atoms with Crippen LogP contribution in [0.5, 0.6) is 5.75 Å². The van der Waals surface area contributed by atoms with Crippen LogP contribution in [0.3, 0.4) is 0 Å². The van der Waals surface area contributed by atoms with Gasteiger partial charge in [-0.3, -0.25) is 0 Å². The van der Waals surface area contributed by atoms with Crippen molar-refractivity contribution in [2.24, 2.45) is 0 Å². The lowest BCUT2D eigenvalue weighted by Crippen LogP contribution is -2.03. The number of thiazole rings is 1. The van der Waals surface area contributed by atoms with E-state index in [4.69, 9.17) is 4.52 Å². The van der Waals surface area contributed by atoms with Crippen LogP contribution < -0.4 is 0 Å². The van der Waals surface area contributed by atoms with Gasteiger partial charge in [0.05, 0.1) is 16.5 Å². The minimum atomic E-state index is -4.41. The molecule has 1 unspecified atom stereocenters. The molecule has 200 valence electrons. The molecule has 0 saturated carbocycles. The fraction of sp³-hybridized carbons (Fsp3) is 0.172. The maximum absolute atomic E-state index is 13.3. The second-order valence-corrected chi connectivity index (χ2v) is 11.3. The number of halogens is 4. The summed E-state index contributed by atoms with van der Waals surface area (Å²) in [5, 5.41) is 14.6. The Hall–Kier alpha value is -3.63. The first kappa shape index (κ1) is 27.0. The van der Waals surface area contributed by atoms with Crippen LogP contribution in [0.1, 0.15) is 32.7 Å². The Morgan fingerprint density at radius 1 is 0.949 bits per heavy atom. The van der Waals surface area contributed by atoms with Crippen LogP contribution in [0.4, 0.5) is 17.6 Å². The van der Waals surface area contributed by atoms with Gasteiger partial charge in [0.1, 0.15) is 28.0 Å². The minimum Gasteiger partial charge on any atom is -0.508 e. The van der Waals surface area contributed by atoms with Gasteiger partial charge in [0, 0.05) is 33.4 Å². The molecule has 2 heterocycles. The van der Waals surface area contributed by atoms with Crippen molar-refractivity contribution in [3.63, 3.8) is 0 Å². The lowest BCUT2D eigenvalue weighted by atomic mass is 10.1. The number of rotatable bonds is 7. The van der Waals surface area contributed by atoms with Crippen molar-refractivity contribution < 1.29 is 27.2 Å². The predicted octanol–water partition coefficient (Wildman–Crippen LogP) is 9.02. The molecule has 0 fully saturated rings. The van der Waals surface area contributed by atoms with E-state index in [2.05, 4.69) is 10.1 Å². The van der Waals surface area contributed by atoms with Crippen molar-refractivity contribution in [1.29, 1.82) is 0 Å². The van der Waals surface area contributed by atoms with Crippen molar-refractivity contribution in [3.05, 3.63) is 106 Å². The SMILES string of the molecule is Cc1cc(SC(Cc2cc(-c3ccc(F)cc3)no2)c2sc(-c3ccc(C(F)(F)F)cc3)nc2C)ccc1O. The number of alkyl halides is 3. The highest BCUT2D eigenvalue weighted by Crippen LogP contribution is 2.44. The second-order valence-electron chi connectivity index (χ2n) is 8.99. The molecule has 0 aliphatic rings. The van der Waals surface area contributed by atoms with Gasteiger partial charge in [0.15, 0.2) is 0 Å². The Morgan fingerprint density at radius 3 is 2.31 bits per heavy atom. The molecule has 1 atom stereocenters. The summed E-state index contributed by atoms with van der Waals surface area (Å²) < 4.78 is 58.1. The number of hydrogen-bond donors (Lipinski definition) is 1. The smallest absolute Gasteiger partial charge is 0.416 e. The van der Waals surface area contributed by atoms with E-state index in [1.807, 2.05) is 32.0 Å². The van der Waals surface area contributed by atoms with E-state index >= 15 is 0 Å². The van der Waals surface area contributed by atoms with E-state index in [1.165, 1.54) is 35.6 Å². The summed E-state index contributed by atoms with van der Waals surface area (Å²) in [7, 11) is 0. The highest BCUT2D eigenvalue weighted by atomic mass is 32.2. The average molecular weight is 571 g/mol. The molecule has 5 rings (SSSR count). The third-order valence-corrected chi connectivity index (χ3v) is 8.80. The quantitative estimate of drug-likeness (QED) is 0.156. The molecule has 1 N–H and O–H groups in total. The Kier molecular flexibility index (Phi) is 7.51. The van der Waals surface area contributed by atoms with Gasteiger partial charge in [-0.25, -0.2) is 9.37 Å². The van der Waals surface area contributed by atoms with Crippen molar-refractivity contribution in [2.45, 2.75) is 36.6 Å². The normalized spacial score (nSPS) is 12.6. The van der Waals surface area contributed by atoms with Crippen LogP contribution in [-0.2, 0) is 12.6 Å². The molecule has 0 radical (unpaired) electrons. The first-order valence-electron chi connectivity index (χ1n) is 11.9. The zero-order valence-electron chi connectivity index (χ0n) is 20.8. The van der Waals surface area contributed by atoms with Crippen LogP contribution in [0.15, 0.2) is 82.2 Å². The van der Waals surface area contributed by atoms with Crippen molar-refractivity contribution in [2.75, 3.05) is 0 Å². The number of aromatic hydroxyl groups is 1. The van der Waals surface area contributed by atoms with Gasteiger partial charge in [0.2, 0.25) is 0 Å². The second kappa shape index (κ2) is 10.9. The first-order valence-corrected chi connectivity index (χ1v) is 13.6. The molecular weight excluding hydrogens is 548 g/mol. The Bertz CT molecular complexity index is 1590. The van der Waals surface area contributed by atoms with Gasteiger partial charge >= 0.3 is 6.18 Å². The van der Waals surface area contributed by atoms with Crippen LogP contribution in [0.25, 0.3) is 21.8 Å². The number of aromatic nitrogens is 2. The van der Waals surface area contributed by atoms with Gasteiger partial charge in [-0.05, 0) is 74.0 Å². The van der Waals surface area contributed by atoms with Gasteiger partial charge < -0.3 is 9.63 Å². The number of aryl methyl sites for hydroxylation is 2. The fourth-order valence-corrected chi connectivity index (χ4v) is 6.62. The molecule has 2 aromatic heterocycles. The van der Waals surface area contributed by atoms with Crippen molar-refractivity contribution in [3.8, 4) is 27.6 Å². The monoisotopic (exact) mass is 570 g/mol. The van der Waals surface area contributed by atoms with Crippen molar-refractivity contribution in [1.82, 2.24) is 10.1 Å². The molecule has 4 nitrogen and oxygen atoms in total. The Balaban J connectivity index is 1.47. The van der Waals surface area contributed by atoms with Crippen LogP contribution in [0, 0.1) is 19.7 Å². The maximum atomic E-state index is 13.3. The number of phenols is 1. The number of benzene rings is 3. The molecule has 0 saturated heterocycles. The van der Waals surface area contributed by atoms with E-state index in [1.54, 1.807) is 30.0 Å². The third-order valence-electron chi connectivity index (χ3n) is 6.12. The zero-order valence-corrected chi connectivity index (χ0v) is 22.4.